The summed E-state index contributed by atoms with van der Waals surface area (Å²) < 4.78 is 8.77. The minimum atomic E-state index is -0.447. The number of hydrogen-bond acceptors (Lipinski definition) is 3. The minimum absolute atomic E-state index is 0.00193. The van der Waals surface area contributed by atoms with Crippen molar-refractivity contribution in [1.82, 2.24) is 9.55 Å². The predicted octanol–water partition coefficient (Wildman–Crippen LogP) is 2.38. The number of ether oxygens (including phenoxy) is 1. The Kier molecular flexibility index (Phi) is 3.88. The van der Waals surface area contributed by atoms with Gasteiger partial charge in [-0.25, -0.2) is 4.98 Å². The van der Waals surface area contributed by atoms with E-state index in [1.165, 1.54) is 0 Å². The Morgan fingerprint density at radius 1 is 1.43 bits per heavy atom. The van der Waals surface area contributed by atoms with Crippen LogP contribution in [0.5, 0.6) is 5.75 Å². The standard InChI is InChI=1S/C15H16IN3O2/c1-10-15(20)19(7-5-14-17-6-8-18(14)2)12-4-3-11(16)9-13(12)21-10/h3-4,6,8-10H,5,7H2,1-2H3. The molecule has 2 heterocycles. The zero-order valence-electron chi connectivity index (χ0n) is 11.9. The van der Waals surface area contributed by atoms with Gasteiger partial charge >= 0.3 is 0 Å². The first-order valence-corrected chi connectivity index (χ1v) is 7.88. The van der Waals surface area contributed by atoms with Gasteiger partial charge in [-0.1, -0.05) is 0 Å². The molecule has 3 rings (SSSR count). The third-order valence-electron chi connectivity index (χ3n) is 3.61. The van der Waals surface area contributed by atoms with Crippen molar-refractivity contribution in [2.75, 3.05) is 11.4 Å². The third-order valence-corrected chi connectivity index (χ3v) is 4.28. The van der Waals surface area contributed by atoms with Crippen LogP contribution in [0, 0.1) is 3.57 Å². The molecule has 6 heteroatoms. The molecule has 110 valence electrons. The summed E-state index contributed by atoms with van der Waals surface area (Å²) in [4.78, 5) is 18.5. The first-order valence-electron chi connectivity index (χ1n) is 6.80. The lowest BCUT2D eigenvalue weighted by atomic mass is 10.1. The number of aromatic nitrogens is 2. The lowest BCUT2D eigenvalue weighted by Crippen LogP contribution is -2.45. The summed E-state index contributed by atoms with van der Waals surface area (Å²) in [6.45, 7) is 2.39. The molecule has 1 aromatic carbocycles. The summed E-state index contributed by atoms with van der Waals surface area (Å²) in [6, 6.07) is 5.89. The van der Waals surface area contributed by atoms with Crippen molar-refractivity contribution in [2.24, 2.45) is 7.05 Å². The van der Waals surface area contributed by atoms with Crippen LogP contribution < -0.4 is 9.64 Å². The second kappa shape index (κ2) is 5.67. The molecule has 1 amide bonds. The van der Waals surface area contributed by atoms with Gasteiger partial charge in [0.05, 0.1) is 5.69 Å². The molecule has 0 spiro atoms. The van der Waals surface area contributed by atoms with Crippen LogP contribution in [-0.2, 0) is 18.3 Å². The Bertz CT molecular complexity index is 683. The minimum Gasteiger partial charge on any atom is -0.479 e. The van der Waals surface area contributed by atoms with Crippen molar-refractivity contribution in [3.63, 3.8) is 0 Å². The molecule has 1 aliphatic rings. The van der Waals surface area contributed by atoms with Gasteiger partial charge in [-0.2, -0.15) is 0 Å². The number of carbonyl (C=O) groups excluding carboxylic acids is 1. The van der Waals surface area contributed by atoms with E-state index in [4.69, 9.17) is 4.74 Å². The van der Waals surface area contributed by atoms with E-state index < -0.39 is 6.10 Å². The van der Waals surface area contributed by atoms with Crippen molar-refractivity contribution in [2.45, 2.75) is 19.4 Å². The van der Waals surface area contributed by atoms with Gasteiger partial charge in [-0.05, 0) is 47.7 Å². The highest BCUT2D eigenvalue weighted by molar-refractivity contribution is 14.1. The van der Waals surface area contributed by atoms with Crippen LogP contribution in [0.4, 0.5) is 5.69 Å². The summed E-state index contributed by atoms with van der Waals surface area (Å²) in [5.74, 6) is 1.74. The van der Waals surface area contributed by atoms with Gasteiger partial charge < -0.3 is 14.2 Å². The van der Waals surface area contributed by atoms with E-state index in [9.17, 15) is 4.79 Å². The number of amides is 1. The van der Waals surface area contributed by atoms with E-state index in [0.717, 1.165) is 20.8 Å². The molecule has 0 N–H and O–H groups in total. The average Bonchev–Trinajstić information content (AvgIpc) is 2.85. The molecule has 5 nitrogen and oxygen atoms in total. The number of anilines is 1. The van der Waals surface area contributed by atoms with Crippen LogP contribution in [0.2, 0.25) is 0 Å². The highest BCUT2D eigenvalue weighted by Crippen LogP contribution is 2.35. The quantitative estimate of drug-likeness (QED) is 0.748. The molecule has 1 aliphatic heterocycles. The van der Waals surface area contributed by atoms with Crippen LogP contribution in [0.1, 0.15) is 12.7 Å². The Morgan fingerprint density at radius 2 is 2.24 bits per heavy atom. The molecular formula is C15H16IN3O2. The second-order valence-corrected chi connectivity index (χ2v) is 6.31. The summed E-state index contributed by atoms with van der Waals surface area (Å²) in [6.07, 6.45) is 3.95. The second-order valence-electron chi connectivity index (χ2n) is 5.07. The monoisotopic (exact) mass is 397 g/mol. The van der Waals surface area contributed by atoms with Gasteiger partial charge in [0.2, 0.25) is 0 Å². The number of imidazole rings is 1. The maximum absolute atomic E-state index is 12.4. The van der Waals surface area contributed by atoms with Crippen LogP contribution in [0.15, 0.2) is 30.6 Å². The maximum Gasteiger partial charge on any atom is 0.267 e. The average molecular weight is 397 g/mol. The van der Waals surface area contributed by atoms with Crippen molar-refractivity contribution in [3.05, 3.63) is 40.0 Å². The van der Waals surface area contributed by atoms with Gasteiger partial charge in [0, 0.05) is 36.0 Å². The van der Waals surface area contributed by atoms with Crippen molar-refractivity contribution in [3.8, 4) is 5.75 Å². The van der Waals surface area contributed by atoms with Crippen LogP contribution >= 0.6 is 22.6 Å². The van der Waals surface area contributed by atoms with E-state index in [0.29, 0.717) is 13.0 Å². The van der Waals surface area contributed by atoms with Gasteiger partial charge in [0.15, 0.2) is 6.10 Å². The molecule has 0 radical (unpaired) electrons. The Labute approximate surface area is 137 Å². The zero-order chi connectivity index (χ0) is 15.0. The molecule has 0 saturated carbocycles. The van der Waals surface area contributed by atoms with E-state index in [1.54, 1.807) is 18.0 Å². The normalized spacial score (nSPS) is 17.6. The molecule has 0 aliphatic carbocycles. The topological polar surface area (TPSA) is 47.4 Å². The van der Waals surface area contributed by atoms with Gasteiger partial charge in [-0.15, -0.1) is 0 Å². The fourth-order valence-electron chi connectivity index (χ4n) is 2.46. The van der Waals surface area contributed by atoms with Gasteiger partial charge in [0.25, 0.3) is 5.91 Å². The Balaban J connectivity index is 1.86. The van der Waals surface area contributed by atoms with Crippen LogP contribution in [-0.4, -0.2) is 28.1 Å². The maximum atomic E-state index is 12.4. The Morgan fingerprint density at radius 3 is 2.95 bits per heavy atom. The van der Waals surface area contributed by atoms with Crippen molar-refractivity contribution >= 4 is 34.2 Å². The van der Waals surface area contributed by atoms with E-state index in [2.05, 4.69) is 27.6 Å². The molecule has 2 aromatic rings. The number of benzene rings is 1. The van der Waals surface area contributed by atoms with Crippen LogP contribution in [0.3, 0.4) is 0 Å². The fourth-order valence-corrected chi connectivity index (χ4v) is 2.93. The molecular weight excluding hydrogens is 381 g/mol. The predicted molar refractivity (Wildman–Crippen MR) is 88.5 cm³/mol. The number of nitrogens with zero attached hydrogens (tertiary/aromatic N) is 3. The van der Waals surface area contributed by atoms with Crippen molar-refractivity contribution < 1.29 is 9.53 Å². The van der Waals surface area contributed by atoms with Gasteiger partial charge in [-0.3, -0.25) is 4.79 Å². The fraction of sp³-hybridized carbons (Fsp3) is 0.333. The van der Waals surface area contributed by atoms with Crippen molar-refractivity contribution in [1.29, 1.82) is 0 Å². The summed E-state index contributed by atoms with van der Waals surface area (Å²) >= 11 is 2.24. The molecule has 0 fully saturated rings. The summed E-state index contributed by atoms with van der Waals surface area (Å²) in [5, 5.41) is 0. The number of carbonyl (C=O) groups is 1. The largest absolute Gasteiger partial charge is 0.479 e. The zero-order valence-corrected chi connectivity index (χ0v) is 14.1. The smallest absolute Gasteiger partial charge is 0.267 e. The summed E-state index contributed by atoms with van der Waals surface area (Å²) in [5.41, 5.74) is 0.840. The number of fused-ring (bicyclic) bond motifs is 1. The third kappa shape index (κ3) is 2.76. The molecule has 0 saturated heterocycles. The first-order chi connectivity index (χ1) is 10.1. The van der Waals surface area contributed by atoms with E-state index >= 15 is 0 Å². The lowest BCUT2D eigenvalue weighted by molar-refractivity contribution is -0.125. The Hall–Kier alpha value is -1.57. The van der Waals surface area contributed by atoms with Crippen LogP contribution in [0.25, 0.3) is 0 Å². The molecule has 1 unspecified atom stereocenters. The highest BCUT2D eigenvalue weighted by Gasteiger charge is 2.31. The SMILES string of the molecule is CC1Oc2cc(I)ccc2N(CCc2nccn2C)C1=O. The summed E-state index contributed by atoms with van der Waals surface area (Å²) in [7, 11) is 1.96. The van der Waals surface area contributed by atoms with E-state index in [1.807, 2.05) is 36.0 Å². The highest BCUT2D eigenvalue weighted by atomic mass is 127. The van der Waals surface area contributed by atoms with Gasteiger partial charge in [0.1, 0.15) is 11.6 Å². The molecule has 1 atom stereocenters. The number of aryl methyl sites for hydroxylation is 1. The molecule has 1 aromatic heterocycles. The number of halogens is 1. The molecule has 21 heavy (non-hydrogen) atoms. The first kappa shape index (κ1) is 14.4. The lowest BCUT2D eigenvalue weighted by Gasteiger charge is -2.33. The van der Waals surface area contributed by atoms with E-state index in [-0.39, 0.29) is 5.91 Å². The number of rotatable bonds is 3. The molecule has 0 bridgehead atoms. The number of hydrogen-bond donors (Lipinski definition) is 0.